The molecule has 0 spiro atoms. The van der Waals surface area contributed by atoms with Crippen LogP contribution in [0, 0.1) is 5.92 Å². The molecule has 1 heterocycles. The van der Waals surface area contributed by atoms with Gasteiger partial charge in [0, 0.05) is 12.1 Å². The Labute approximate surface area is 126 Å². The fraction of sp³-hybridized carbons (Fsp3) is 0.467. The fourth-order valence-corrected chi connectivity index (χ4v) is 2.22. The molecule has 7 heteroatoms. The maximum atomic E-state index is 13.2. The summed E-state index contributed by atoms with van der Waals surface area (Å²) in [5.41, 5.74) is -2.55. The van der Waals surface area contributed by atoms with Crippen molar-refractivity contribution in [2.24, 2.45) is 11.0 Å². The Morgan fingerprint density at radius 2 is 1.95 bits per heavy atom. The first-order valence-electron chi connectivity index (χ1n) is 6.88. The lowest BCUT2D eigenvalue weighted by Crippen LogP contribution is -2.57. The van der Waals surface area contributed by atoms with E-state index in [2.05, 4.69) is 5.10 Å². The molecule has 0 saturated heterocycles. The highest BCUT2D eigenvalue weighted by Crippen LogP contribution is 2.41. The molecule has 0 radical (unpaired) electrons. The Morgan fingerprint density at radius 3 is 2.45 bits per heavy atom. The van der Waals surface area contributed by atoms with Gasteiger partial charge in [0.05, 0.1) is 6.42 Å². The highest BCUT2D eigenvalue weighted by atomic mass is 19.4. The van der Waals surface area contributed by atoms with Crippen LogP contribution in [0.1, 0.15) is 25.8 Å². The van der Waals surface area contributed by atoms with Crippen LogP contribution >= 0.6 is 0 Å². The summed E-state index contributed by atoms with van der Waals surface area (Å²) >= 11 is 0. The fourth-order valence-electron chi connectivity index (χ4n) is 2.22. The van der Waals surface area contributed by atoms with Gasteiger partial charge in [0.2, 0.25) is 5.91 Å². The molecule has 1 aromatic carbocycles. The number of halogens is 3. The topological polar surface area (TPSA) is 52.9 Å². The molecular weight excluding hydrogens is 297 g/mol. The lowest BCUT2D eigenvalue weighted by Gasteiger charge is -2.32. The van der Waals surface area contributed by atoms with E-state index in [9.17, 15) is 23.1 Å². The van der Waals surface area contributed by atoms with E-state index >= 15 is 0 Å². The minimum absolute atomic E-state index is 0.154. The third-order valence-corrected chi connectivity index (χ3v) is 3.56. The average molecular weight is 314 g/mol. The van der Waals surface area contributed by atoms with E-state index in [4.69, 9.17) is 0 Å². The molecule has 1 aliphatic rings. The van der Waals surface area contributed by atoms with Gasteiger partial charge in [-0.1, -0.05) is 44.2 Å². The summed E-state index contributed by atoms with van der Waals surface area (Å²) in [7, 11) is 0. The molecule has 0 bridgehead atoms. The zero-order valence-corrected chi connectivity index (χ0v) is 12.3. The van der Waals surface area contributed by atoms with E-state index in [1.54, 1.807) is 44.2 Å². The predicted molar refractivity (Wildman–Crippen MR) is 74.9 cm³/mol. The molecule has 0 aliphatic carbocycles. The first-order chi connectivity index (χ1) is 10.1. The average Bonchev–Trinajstić information content (AvgIpc) is 2.79. The number of carbonyl (C=O) groups is 1. The molecule has 1 aromatic rings. The summed E-state index contributed by atoms with van der Waals surface area (Å²) in [6.07, 6.45) is -5.94. The van der Waals surface area contributed by atoms with Gasteiger partial charge in [0.1, 0.15) is 0 Å². The van der Waals surface area contributed by atoms with Crippen molar-refractivity contribution in [3.63, 3.8) is 0 Å². The molecule has 4 nitrogen and oxygen atoms in total. The number of nitrogens with zero attached hydrogens (tertiary/aromatic N) is 2. The molecule has 1 aliphatic heterocycles. The molecule has 1 atom stereocenters. The van der Waals surface area contributed by atoms with Crippen LogP contribution in [-0.2, 0) is 11.2 Å². The van der Waals surface area contributed by atoms with Gasteiger partial charge in [-0.25, -0.2) is 0 Å². The molecular formula is C15H17F3N2O2. The normalized spacial score (nSPS) is 22.1. The van der Waals surface area contributed by atoms with E-state index in [0.29, 0.717) is 5.56 Å². The third kappa shape index (κ3) is 2.99. The predicted octanol–water partition coefficient (Wildman–Crippen LogP) is 2.72. The van der Waals surface area contributed by atoms with Gasteiger partial charge in [-0.05, 0) is 11.5 Å². The molecule has 22 heavy (non-hydrogen) atoms. The monoisotopic (exact) mass is 314 g/mol. The Kier molecular flexibility index (Phi) is 4.28. The van der Waals surface area contributed by atoms with Crippen LogP contribution in [0.5, 0.6) is 0 Å². The van der Waals surface area contributed by atoms with Crippen molar-refractivity contribution in [3.05, 3.63) is 35.9 Å². The number of aliphatic hydroxyl groups is 1. The van der Waals surface area contributed by atoms with Crippen molar-refractivity contribution in [3.8, 4) is 0 Å². The number of hydrogen-bond acceptors (Lipinski definition) is 3. The van der Waals surface area contributed by atoms with Crippen molar-refractivity contribution in [1.29, 1.82) is 0 Å². The molecule has 0 fully saturated rings. The highest BCUT2D eigenvalue weighted by molar-refractivity contribution is 5.92. The smallest absolute Gasteiger partial charge is 0.362 e. The minimum atomic E-state index is -4.97. The third-order valence-electron chi connectivity index (χ3n) is 3.56. The van der Waals surface area contributed by atoms with Crippen LogP contribution in [0.3, 0.4) is 0 Å². The summed E-state index contributed by atoms with van der Waals surface area (Å²) < 4.78 is 39.6. The standard InChI is InChI=1S/C15H17F3N2O2/c1-10(2)12-9-14(22,15(16,17)18)20(19-12)13(21)8-11-6-4-3-5-7-11/h3-7,10,22H,8-9H2,1-2H3/t14-/m1/s1. The molecule has 2 rings (SSSR count). The summed E-state index contributed by atoms with van der Waals surface area (Å²) in [6.45, 7) is 3.33. The SMILES string of the molecule is CC(C)C1=NN(C(=O)Cc2ccccc2)[C@](O)(C(F)(F)F)C1. The lowest BCUT2D eigenvalue weighted by molar-refractivity contribution is -0.302. The molecule has 0 aromatic heterocycles. The quantitative estimate of drug-likeness (QED) is 0.932. The minimum Gasteiger partial charge on any atom is -0.362 e. The van der Waals surface area contributed by atoms with Gasteiger partial charge in [-0.2, -0.15) is 23.3 Å². The summed E-state index contributed by atoms with van der Waals surface area (Å²) in [4.78, 5) is 12.2. The first kappa shape index (κ1) is 16.5. The van der Waals surface area contributed by atoms with Crippen molar-refractivity contribution in [2.45, 2.75) is 38.6 Å². The summed E-state index contributed by atoms with van der Waals surface area (Å²) in [5, 5.41) is 13.9. The number of alkyl halides is 3. The van der Waals surface area contributed by atoms with Crippen molar-refractivity contribution in [1.82, 2.24) is 5.01 Å². The zero-order valence-electron chi connectivity index (χ0n) is 12.3. The number of hydrogen-bond donors (Lipinski definition) is 1. The van der Waals surface area contributed by atoms with Gasteiger partial charge in [-0.15, -0.1) is 0 Å². The number of amides is 1. The van der Waals surface area contributed by atoms with Crippen LogP contribution < -0.4 is 0 Å². The number of benzene rings is 1. The van der Waals surface area contributed by atoms with Crippen molar-refractivity contribution in [2.75, 3.05) is 0 Å². The highest BCUT2D eigenvalue weighted by Gasteiger charge is 2.63. The second-order valence-electron chi connectivity index (χ2n) is 5.61. The van der Waals surface area contributed by atoms with Gasteiger partial charge >= 0.3 is 6.18 Å². The van der Waals surface area contributed by atoms with Crippen LogP contribution in [0.15, 0.2) is 35.4 Å². The van der Waals surface area contributed by atoms with E-state index in [1.165, 1.54) is 0 Å². The number of hydrazone groups is 1. The largest absolute Gasteiger partial charge is 0.438 e. The van der Waals surface area contributed by atoms with Crippen molar-refractivity contribution >= 4 is 11.6 Å². The van der Waals surface area contributed by atoms with E-state index in [1.807, 2.05) is 0 Å². The van der Waals surface area contributed by atoms with E-state index in [0.717, 1.165) is 0 Å². The first-order valence-corrected chi connectivity index (χ1v) is 6.88. The molecule has 0 unspecified atom stereocenters. The molecule has 120 valence electrons. The van der Waals surface area contributed by atoms with Gasteiger partial charge in [-0.3, -0.25) is 4.79 Å². The van der Waals surface area contributed by atoms with Crippen molar-refractivity contribution < 1.29 is 23.1 Å². The Bertz CT molecular complexity index is 584. The van der Waals surface area contributed by atoms with Crippen LogP contribution in [0.2, 0.25) is 0 Å². The van der Waals surface area contributed by atoms with E-state index < -0.39 is 24.2 Å². The Balaban J connectivity index is 2.30. The van der Waals surface area contributed by atoms with Gasteiger partial charge in [0.15, 0.2) is 0 Å². The second-order valence-corrected chi connectivity index (χ2v) is 5.61. The number of rotatable bonds is 3. The van der Waals surface area contributed by atoms with Crippen LogP contribution in [0.4, 0.5) is 13.2 Å². The molecule has 0 saturated carbocycles. The lowest BCUT2D eigenvalue weighted by atomic mass is 9.99. The number of carbonyl (C=O) groups excluding carboxylic acids is 1. The summed E-state index contributed by atoms with van der Waals surface area (Å²) in [5.74, 6) is -1.18. The Hall–Kier alpha value is -1.89. The Morgan fingerprint density at radius 1 is 1.36 bits per heavy atom. The van der Waals surface area contributed by atoms with Crippen LogP contribution in [0.25, 0.3) is 0 Å². The van der Waals surface area contributed by atoms with E-state index in [-0.39, 0.29) is 23.1 Å². The maximum absolute atomic E-state index is 13.2. The van der Waals surface area contributed by atoms with Gasteiger partial charge < -0.3 is 5.11 Å². The van der Waals surface area contributed by atoms with Gasteiger partial charge in [0.25, 0.3) is 5.72 Å². The zero-order chi connectivity index (χ0) is 16.5. The second kappa shape index (κ2) is 5.72. The van der Waals surface area contributed by atoms with Crippen LogP contribution in [-0.4, -0.2) is 33.6 Å². The molecule has 1 amide bonds. The molecule has 1 N–H and O–H groups in total. The maximum Gasteiger partial charge on any atom is 0.438 e. The summed E-state index contributed by atoms with van der Waals surface area (Å²) in [6, 6.07) is 8.38.